The van der Waals surface area contributed by atoms with Crippen molar-refractivity contribution in [2.24, 2.45) is 17.8 Å². The first-order chi connectivity index (χ1) is 7.58. The number of carbonyl (C=O) groups excluding carboxylic acids is 1. The molecule has 0 aliphatic rings. The summed E-state index contributed by atoms with van der Waals surface area (Å²) < 4.78 is 0. The molecule has 4 atom stereocenters. The summed E-state index contributed by atoms with van der Waals surface area (Å²) in [5.74, 6) is 0.0795. The molecule has 0 fully saturated rings. The van der Waals surface area contributed by atoms with Crippen molar-refractivity contribution in [1.29, 1.82) is 0 Å². The highest BCUT2D eigenvalue weighted by atomic mass is 16.3. The van der Waals surface area contributed by atoms with E-state index < -0.39 is 6.10 Å². The molecule has 0 spiro atoms. The summed E-state index contributed by atoms with van der Waals surface area (Å²) in [4.78, 5) is 11.0. The van der Waals surface area contributed by atoms with Gasteiger partial charge in [-0.15, -0.1) is 0 Å². The fourth-order valence-electron chi connectivity index (χ4n) is 1.73. The van der Waals surface area contributed by atoms with E-state index in [0.717, 1.165) is 19.1 Å². The molecule has 0 aromatic rings. The van der Waals surface area contributed by atoms with E-state index in [9.17, 15) is 9.90 Å². The number of aliphatic hydroxyl groups is 1. The molecule has 2 heteroatoms. The van der Waals surface area contributed by atoms with E-state index in [-0.39, 0.29) is 17.8 Å². The smallest absolute Gasteiger partial charge is 0.125 e. The number of carbonyl (C=O) groups is 1. The van der Waals surface area contributed by atoms with E-state index in [1.54, 1.807) is 6.08 Å². The van der Waals surface area contributed by atoms with Crippen LogP contribution in [0, 0.1) is 17.8 Å². The van der Waals surface area contributed by atoms with Crippen molar-refractivity contribution >= 4 is 6.29 Å². The van der Waals surface area contributed by atoms with Crippen LogP contribution in [0.15, 0.2) is 24.8 Å². The Hall–Kier alpha value is -0.890. The number of aldehydes is 1. The molecule has 0 heterocycles. The van der Waals surface area contributed by atoms with Crippen LogP contribution in [0.1, 0.15) is 33.6 Å². The van der Waals surface area contributed by atoms with Gasteiger partial charge in [0.1, 0.15) is 6.29 Å². The molecule has 0 rings (SSSR count). The van der Waals surface area contributed by atoms with Crippen LogP contribution >= 0.6 is 0 Å². The average Bonchev–Trinajstić information content (AvgIpc) is 2.29. The summed E-state index contributed by atoms with van der Waals surface area (Å²) in [6.07, 6.45) is 7.57. The first-order valence-electron chi connectivity index (χ1n) is 5.99. The van der Waals surface area contributed by atoms with Gasteiger partial charge in [-0.3, -0.25) is 0 Å². The Morgan fingerprint density at radius 3 is 2.38 bits per heavy atom. The monoisotopic (exact) mass is 224 g/mol. The number of hydrogen-bond donors (Lipinski definition) is 1. The quantitative estimate of drug-likeness (QED) is 0.508. The van der Waals surface area contributed by atoms with Crippen molar-refractivity contribution in [1.82, 2.24) is 0 Å². The molecule has 16 heavy (non-hydrogen) atoms. The van der Waals surface area contributed by atoms with Crippen LogP contribution in [0.2, 0.25) is 0 Å². The first-order valence-corrected chi connectivity index (χ1v) is 5.99. The largest absolute Gasteiger partial charge is 0.392 e. The molecule has 0 bridgehead atoms. The molecule has 2 nitrogen and oxygen atoms in total. The van der Waals surface area contributed by atoms with E-state index in [1.165, 1.54) is 0 Å². The Morgan fingerprint density at radius 1 is 1.31 bits per heavy atom. The fourth-order valence-corrected chi connectivity index (χ4v) is 1.73. The Morgan fingerprint density at radius 2 is 1.94 bits per heavy atom. The van der Waals surface area contributed by atoms with Gasteiger partial charge in [-0.05, 0) is 18.3 Å². The number of hydrogen-bond acceptors (Lipinski definition) is 2. The highest BCUT2D eigenvalue weighted by molar-refractivity contribution is 5.55. The SMILES string of the molecule is C=C/C=C/C[C@@H](C)[C@@H](O)[C@@H](C=O)C(C)CC. The number of rotatable bonds is 8. The standard InChI is InChI=1S/C14H24O2/c1-5-7-8-9-12(4)14(16)13(10-15)11(3)6-2/h5,7-8,10-14,16H,1,6,9H2,2-4H3/b8-7+/t11?,12-,13+,14-/m1/s1. The highest BCUT2D eigenvalue weighted by Gasteiger charge is 2.27. The topological polar surface area (TPSA) is 37.3 Å². The normalized spacial score (nSPS) is 19.0. The van der Waals surface area contributed by atoms with Crippen LogP contribution in [0.5, 0.6) is 0 Å². The van der Waals surface area contributed by atoms with Crippen LogP contribution in [-0.4, -0.2) is 17.5 Å². The first kappa shape index (κ1) is 15.1. The maximum Gasteiger partial charge on any atom is 0.125 e. The molecule has 0 aliphatic carbocycles. The molecular weight excluding hydrogens is 200 g/mol. The second-order valence-corrected chi connectivity index (χ2v) is 4.47. The minimum absolute atomic E-state index is 0.0976. The zero-order chi connectivity index (χ0) is 12.6. The third-order valence-electron chi connectivity index (χ3n) is 3.22. The van der Waals surface area contributed by atoms with Crippen molar-refractivity contribution in [2.75, 3.05) is 0 Å². The molecule has 0 aromatic heterocycles. The molecule has 0 amide bonds. The lowest BCUT2D eigenvalue weighted by Crippen LogP contribution is -2.32. The highest BCUT2D eigenvalue weighted by Crippen LogP contribution is 2.23. The predicted molar refractivity (Wildman–Crippen MR) is 68.1 cm³/mol. The van der Waals surface area contributed by atoms with Crippen molar-refractivity contribution < 1.29 is 9.90 Å². The zero-order valence-corrected chi connectivity index (χ0v) is 10.6. The van der Waals surface area contributed by atoms with Gasteiger partial charge in [-0.2, -0.15) is 0 Å². The Labute approximate surface area is 99.1 Å². The Balaban J connectivity index is 4.37. The van der Waals surface area contributed by atoms with Gasteiger partial charge < -0.3 is 9.90 Å². The van der Waals surface area contributed by atoms with Gasteiger partial charge in [0.15, 0.2) is 0 Å². The molecule has 0 radical (unpaired) electrons. The minimum Gasteiger partial charge on any atom is -0.392 e. The lowest BCUT2D eigenvalue weighted by atomic mass is 9.82. The second kappa shape index (κ2) is 8.28. The van der Waals surface area contributed by atoms with E-state index >= 15 is 0 Å². The summed E-state index contributed by atoms with van der Waals surface area (Å²) in [5.41, 5.74) is 0. The average molecular weight is 224 g/mol. The van der Waals surface area contributed by atoms with Crippen LogP contribution in [0.4, 0.5) is 0 Å². The maximum atomic E-state index is 11.0. The zero-order valence-electron chi connectivity index (χ0n) is 10.6. The van der Waals surface area contributed by atoms with Crippen molar-refractivity contribution in [2.45, 2.75) is 39.7 Å². The van der Waals surface area contributed by atoms with Gasteiger partial charge >= 0.3 is 0 Å². The van der Waals surface area contributed by atoms with E-state index in [1.807, 2.05) is 32.9 Å². The summed E-state index contributed by atoms with van der Waals surface area (Å²) in [7, 11) is 0. The lowest BCUT2D eigenvalue weighted by Gasteiger charge is -2.27. The summed E-state index contributed by atoms with van der Waals surface area (Å²) >= 11 is 0. The number of allylic oxidation sites excluding steroid dienone is 3. The van der Waals surface area contributed by atoms with Crippen LogP contribution < -0.4 is 0 Å². The van der Waals surface area contributed by atoms with Gasteiger partial charge in [0.25, 0.3) is 0 Å². The van der Waals surface area contributed by atoms with Gasteiger partial charge in [0, 0.05) is 5.92 Å². The third-order valence-corrected chi connectivity index (χ3v) is 3.22. The maximum absolute atomic E-state index is 11.0. The van der Waals surface area contributed by atoms with E-state index in [4.69, 9.17) is 0 Å². The summed E-state index contributed by atoms with van der Waals surface area (Å²) in [6, 6.07) is 0. The Kier molecular flexibility index (Phi) is 7.82. The summed E-state index contributed by atoms with van der Waals surface area (Å²) in [5, 5.41) is 10.1. The molecule has 0 saturated carbocycles. The molecule has 0 aliphatic heterocycles. The number of aliphatic hydroxyl groups excluding tert-OH is 1. The van der Waals surface area contributed by atoms with Gasteiger partial charge in [0.2, 0.25) is 0 Å². The van der Waals surface area contributed by atoms with E-state index in [2.05, 4.69) is 6.58 Å². The van der Waals surface area contributed by atoms with Crippen LogP contribution in [0.25, 0.3) is 0 Å². The van der Waals surface area contributed by atoms with Crippen molar-refractivity contribution in [3.63, 3.8) is 0 Å². The fraction of sp³-hybridized carbons (Fsp3) is 0.643. The van der Waals surface area contributed by atoms with Gasteiger partial charge in [-0.1, -0.05) is 52.0 Å². The van der Waals surface area contributed by atoms with Gasteiger partial charge in [-0.25, -0.2) is 0 Å². The third kappa shape index (κ3) is 4.75. The minimum atomic E-state index is -0.554. The van der Waals surface area contributed by atoms with Crippen LogP contribution in [-0.2, 0) is 4.79 Å². The molecule has 0 aromatic carbocycles. The molecule has 92 valence electrons. The molecular formula is C14H24O2. The van der Waals surface area contributed by atoms with Crippen molar-refractivity contribution in [3.8, 4) is 0 Å². The summed E-state index contributed by atoms with van der Waals surface area (Å²) in [6.45, 7) is 9.61. The molecule has 1 unspecified atom stereocenters. The molecule has 1 N–H and O–H groups in total. The Bertz CT molecular complexity index is 233. The van der Waals surface area contributed by atoms with Crippen molar-refractivity contribution in [3.05, 3.63) is 24.8 Å². The van der Waals surface area contributed by atoms with Crippen LogP contribution in [0.3, 0.4) is 0 Å². The second-order valence-electron chi connectivity index (χ2n) is 4.47. The predicted octanol–water partition coefficient (Wildman–Crippen LogP) is 2.98. The lowest BCUT2D eigenvalue weighted by molar-refractivity contribution is -0.117. The van der Waals surface area contributed by atoms with Gasteiger partial charge in [0.05, 0.1) is 6.10 Å². The van der Waals surface area contributed by atoms with E-state index in [0.29, 0.717) is 0 Å². The molecule has 0 saturated heterocycles.